The molecule has 3 aliphatic rings. The Morgan fingerprint density at radius 3 is 1.26 bits per heavy atom. The molecule has 0 N–H and O–H groups in total. The van der Waals surface area contributed by atoms with E-state index in [0.29, 0.717) is 30.1 Å². The quantitative estimate of drug-likeness (QED) is 0.215. The maximum Gasteiger partial charge on any atom is 0.345 e. The second-order valence-corrected chi connectivity index (χ2v) is 16.3. The van der Waals surface area contributed by atoms with Crippen LogP contribution in [0.4, 0.5) is 8.78 Å². The zero-order valence-electron chi connectivity index (χ0n) is 30.5. The van der Waals surface area contributed by atoms with Crippen LogP contribution in [-0.4, -0.2) is 109 Å². The summed E-state index contributed by atoms with van der Waals surface area (Å²) in [5.74, 6) is 3.14. The predicted molar refractivity (Wildman–Crippen MR) is 183 cm³/mol. The van der Waals surface area contributed by atoms with Crippen LogP contribution in [0.15, 0.2) is 0 Å². The predicted octanol–water partition coefficient (Wildman–Crippen LogP) is 8.22. The number of thioether (sulfide) groups is 1. The lowest BCUT2D eigenvalue weighted by atomic mass is 9.97. The minimum Gasteiger partial charge on any atom is -0.384 e. The van der Waals surface area contributed by atoms with E-state index in [4.69, 9.17) is 4.74 Å². The van der Waals surface area contributed by atoms with Crippen molar-refractivity contribution in [3.8, 4) is 0 Å². The van der Waals surface area contributed by atoms with Gasteiger partial charge in [0.15, 0.2) is 0 Å². The average molecular weight is 636 g/mol. The van der Waals surface area contributed by atoms with Crippen molar-refractivity contribution in [3.63, 3.8) is 0 Å². The molecular formula is C35H71F2N3O2S. The standard InChI is InChI=1S/C12H23F2NO.C12H25NO.C11H23NS/c1-8(2)11-5-10(7-16-12(13)14)6-15(11)9(3)4;1-9(2)12-6-11(8-14-5)7-13(12)10(3)4;1-8(2)11-6-10(13-5)7-12(11)9(3)4/h8-12H,5-7H2,1-4H3;9-12H,6-8H2,1-5H3;8-11H,6-7H2,1-5H3/t10?,11-;11?,12-;10?,11-/m000/s1. The van der Waals surface area contributed by atoms with Gasteiger partial charge in [-0.3, -0.25) is 14.7 Å². The molecule has 3 aliphatic heterocycles. The summed E-state index contributed by atoms with van der Waals surface area (Å²) in [7, 11) is 1.81. The Morgan fingerprint density at radius 1 is 0.605 bits per heavy atom. The van der Waals surface area contributed by atoms with Crippen LogP contribution < -0.4 is 0 Å². The molecule has 258 valence electrons. The van der Waals surface area contributed by atoms with Crippen molar-refractivity contribution >= 4 is 11.8 Å². The first-order valence-corrected chi connectivity index (χ1v) is 18.5. The largest absolute Gasteiger partial charge is 0.384 e. The molecule has 0 aliphatic carbocycles. The number of methoxy groups -OCH3 is 1. The molecule has 43 heavy (non-hydrogen) atoms. The second-order valence-electron chi connectivity index (χ2n) is 15.2. The molecule has 3 rings (SSSR count). The molecule has 3 heterocycles. The van der Waals surface area contributed by atoms with Gasteiger partial charge in [-0.1, -0.05) is 41.5 Å². The number of alkyl halides is 2. The average Bonchev–Trinajstić information content (AvgIpc) is 3.65. The number of likely N-dealkylation sites (tertiary alicyclic amines) is 3. The smallest absolute Gasteiger partial charge is 0.345 e. The molecule has 8 heteroatoms. The van der Waals surface area contributed by atoms with Crippen LogP contribution in [0.2, 0.25) is 0 Å². The van der Waals surface area contributed by atoms with E-state index in [1.165, 1.54) is 25.9 Å². The van der Waals surface area contributed by atoms with Crippen molar-refractivity contribution in [3.05, 3.63) is 0 Å². The molecule has 0 amide bonds. The maximum absolute atomic E-state index is 12.0. The number of hydrogen-bond donors (Lipinski definition) is 0. The van der Waals surface area contributed by atoms with E-state index in [1.54, 1.807) is 0 Å². The molecule has 3 saturated heterocycles. The van der Waals surface area contributed by atoms with E-state index in [2.05, 4.69) is 109 Å². The van der Waals surface area contributed by atoms with Gasteiger partial charge in [-0.05, 0) is 96.7 Å². The number of halogens is 2. The van der Waals surface area contributed by atoms with Crippen LogP contribution in [0.5, 0.6) is 0 Å². The molecular weight excluding hydrogens is 564 g/mol. The number of ether oxygens (including phenoxy) is 2. The molecule has 5 nitrogen and oxygen atoms in total. The van der Waals surface area contributed by atoms with Gasteiger partial charge in [0.1, 0.15) is 0 Å². The van der Waals surface area contributed by atoms with Gasteiger partial charge < -0.3 is 9.47 Å². The highest BCUT2D eigenvalue weighted by Gasteiger charge is 2.37. The van der Waals surface area contributed by atoms with Crippen molar-refractivity contribution in [1.82, 2.24) is 14.7 Å². The van der Waals surface area contributed by atoms with E-state index >= 15 is 0 Å². The van der Waals surface area contributed by atoms with Crippen LogP contribution in [0, 0.1) is 29.6 Å². The molecule has 3 fully saturated rings. The Morgan fingerprint density at radius 2 is 0.977 bits per heavy atom. The normalized spacial score (nSPS) is 29.1. The van der Waals surface area contributed by atoms with E-state index in [9.17, 15) is 8.78 Å². The number of rotatable bonds is 12. The van der Waals surface area contributed by atoms with Crippen molar-refractivity contribution in [2.24, 2.45) is 29.6 Å². The van der Waals surface area contributed by atoms with Crippen LogP contribution in [0.3, 0.4) is 0 Å². The molecule has 0 aromatic carbocycles. The Hall–Kier alpha value is 0.01000. The van der Waals surface area contributed by atoms with Crippen molar-refractivity contribution < 1.29 is 18.3 Å². The molecule has 6 atom stereocenters. The highest BCUT2D eigenvalue weighted by molar-refractivity contribution is 7.99. The Kier molecular flexibility index (Phi) is 19.4. The lowest BCUT2D eigenvalue weighted by Crippen LogP contribution is -2.38. The third-order valence-electron chi connectivity index (χ3n) is 9.78. The van der Waals surface area contributed by atoms with E-state index in [1.807, 2.05) is 18.9 Å². The molecule has 0 bridgehead atoms. The van der Waals surface area contributed by atoms with Gasteiger partial charge in [0.2, 0.25) is 0 Å². The van der Waals surface area contributed by atoms with Crippen LogP contribution >= 0.6 is 11.8 Å². The summed E-state index contributed by atoms with van der Waals surface area (Å²) < 4.78 is 33.6. The summed E-state index contributed by atoms with van der Waals surface area (Å²) in [6, 6.07) is 3.94. The fourth-order valence-corrected chi connectivity index (χ4v) is 8.13. The molecule has 0 aromatic rings. The number of nitrogens with zero attached hydrogens (tertiary/aromatic N) is 3. The first-order chi connectivity index (χ1) is 20.0. The van der Waals surface area contributed by atoms with Gasteiger partial charge in [0, 0.05) is 68.2 Å². The fraction of sp³-hybridized carbons (Fsp3) is 1.00. The SMILES string of the molecule is CC(C)[C@@H]1CC(COC(F)F)CN1C(C)C.COCC1C[C@@H](C(C)C)N(C(C)C)C1.CSC1C[C@@H](C(C)C)N(C(C)C)C1. The lowest BCUT2D eigenvalue weighted by molar-refractivity contribution is -0.137. The molecule has 0 saturated carbocycles. The first-order valence-electron chi connectivity index (χ1n) is 17.2. The topological polar surface area (TPSA) is 28.2 Å². The van der Waals surface area contributed by atoms with Gasteiger partial charge in [-0.25, -0.2) is 0 Å². The van der Waals surface area contributed by atoms with Gasteiger partial charge in [0.05, 0.1) is 13.2 Å². The van der Waals surface area contributed by atoms with Gasteiger partial charge in [-0.2, -0.15) is 20.5 Å². The van der Waals surface area contributed by atoms with Crippen molar-refractivity contribution in [2.45, 2.75) is 150 Å². The highest BCUT2D eigenvalue weighted by Crippen LogP contribution is 2.32. The zero-order valence-corrected chi connectivity index (χ0v) is 31.3. The highest BCUT2D eigenvalue weighted by atomic mass is 32.2. The third kappa shape index (κ3) is 13.7. The summed E-state index contributed by atoms with van der Waals surface area (Å²) in [5, 5.41) is 0.870. The molecule has 0 radical (unpaired) electrons. The molecule has 0 aromatic heterocycles. The Balaban J connectivity index is 0.000000324. The van der Waals surface area contributed by atoms with Gasteiger partial charge >= 0.3 is 6.61 Å². The summed E-state index contributed by atoms with van der Waals surface area (Å²) >= 11 is 2.03. The Bertz CT molecular complexity index is 677. The van der Waals surface area contributed by atoms with Crippen LogP contribution in [-0.2, 0) is 9.47 Å². The van der Waals surface area contributed by atoms with Crippen molar-refractivity contribution in [2.75, 3.05) is 46.2 Å². The summed E-state index contributed by atoms with van der Waals surface area (Å²) in [5.41, 5.74) is 0. The van der Waals surface area contributed by atoms with E-state index in [0.717, 1.165) is 54.7 Å². The minimum atomic E-state index is -2.63. The maximum atomic E-state index is 12.0. The van der Waals surface area contributed by atoms with Crippen LogP contribution in [0.25, 0.3) is 0 Å². The zero-order chi connectivity index (χ0) is 33.0. The fourth-order valence-electron chi connectivity index (χ4n) is 7.42. The van der Waals surface area contributed by atoms with Gasteiger partial charge in [-0.15, -0.1) is 0 Å². The second kappa shape index (κ2) is 20.3. The van der Waals surface area contributed by atoms with E-state index < -0.39 is 6.61 Å². The molecule has 3 unspecified atom stereocenters. The monoisotopic (exact) mass is 636 g/mol. The number of hydrogen-bond acceptors (Lipinski definition) is 6. The summed E-state index contributed by atoms with van der Waals surface area (Å²) in [4.78, 5) is 7.71. The van der Waals surface area contributed by atoms with Crippen molar-refractivity contribution in [1.29, 1.82) is 0 Å². The third-order valence-corrected chi connectivity index (χ3v) is 10.8. The lowest BCUT2D eigenvalue weighted by Gasteiger charge is -2.30. The van der Waals surface area contributed by atoms with Crippen LogP contribution in [0.1, 0.15) is 102 Å². The summed E-state index contributed by atoms with van der Waals surface area (Å²) in [6.45, 7) is 29.1. The van der Waals surface area contributed by atoms with Gasteiger partial charge in [0.25, 0.3) is 0 Å². The summed E-state index contributed by atoms with van der Waals surface area (Å²) in [6.07, 6.45) is 5.91. The molecule has 0 spiro atoms. The van der Waals surface area contributed by atoms with E-state index in [-0.39, 0.29) is 12.5 Å². The first kappa shape index (κ1) is 41.0. The Labute approximate surface area is 270 Å². The minimum absolute atomic E-state index is 0.185.